The first-order chi connectivity index (χ1) is 11.3. The molecule has 5 heteroatoms. The minimum Gasteiger partial charge on any atom is -0.491 e. The van der Waals surface area contributed by atoms with E-state index in [1.54, 1.807) is 24.3 Å². The summed E-state index contributed by atoms with van der Waals surface area (Å²) in [5.41, 5.74) is 3.60. The number of benzene rings is 2. The number of amides is 1. The molecule has 0 aliphatic heterocycles. The smallest absolute Gasteiger partial charge is 0.257 e. The molecular weight excluding hydrogens is 320 g/mol. The van der Waals surface area contributed by atoms with Crippen molar-refractivity contribution in [3.8, 4) is 5.75 Å². The van der Waals surface area contributed by atoms with Gasteiger partial charge in [0.25, 0.3) is 5.91 Å². The molecule has 0 fully saturated rings. The van der Waals surface area contributed by atoms with Crippen molar-refractivity contribution in [2.45, 2.75) is 33.8 Å². The van der Waals surface area contributed by atoms with Crippen molar-refractivity contribution in [2.75, 3.05) is 5.32 Å². The molecule has 0 saturated heterocycles. The quantitative estimate of drug-likeness (QED) is 0.817. The molecular formula is C19H22N2O2S. The van der Waals surface area contributed by atoms with Crippen LogP contribution in [0.2, 0.25) is 0 Å². The molecule has 2 N–H and O–H groups in total. The van der Waals surface area contributed by atoms with Gasteiger partial charge in [-0.1, -0.05) is 12.1 Å². The van der Waals surface area contributed by atoms with Gasteiger partial charge in [-0.05, 0) is 81.4 Å². The molecule has 1 amide bonds. The first kappa shape index (κ1) is 17.9. The van der Waals surface area contributed by atoms with Crippen molar-refractivity contribution in [1.82, 2.24) is 5.32 Å². The van der Waals surface area contributed by atoms with Gasteiger partial charge in [0, 0.05) is 11.3 Å². The molecule has 0 aliphatic carbocycles. The number of carbonyl (C=O) groups excluding carboxylic acids is 1. The number of thiocarbonyl (C=S) groups is 1. The fourth-order valence-corrected chi connectivity index (χ4v) is 2.36. The van der Waals surface area contributed by atoms with Crippen molar-refractivity contribution in [3.63, 3.8) is 0 Å². The zero-order chi connectivity index (χ0) is 17.7. The fraction of sp³-hybridized carbons (Fsp3) is 0.263. The van der Waals surface area contributed by atoms with Crippen LogP contribution < -0.4 is 15.4 Å². The van der Waals surface area contributed by atoms with Crippen molar-refractivity contribution in [3.05, 3.63) is 59.2 Å². The second kappa shape index (κ2) is 7.93. The van der Waals surface area contributed by atoms with Crippen LogP contribution in [0.15, 0.2) is 42.5 Å². The summed E-state index contributed by atoms with van der Waals surface area (Å²) in [6, 6.07) is 13.0. The van der Waals surface area contributed by atoms with Crippen LogP contribution in [0, 0.1) is 13.8 Å². The van der Waals surface area contributed by atoms with Gasteiger partial charge in [0.1, 0.15) is 5.75 Å². The maximum absolute atomic E-state index is 12.3. The molecule has 0 heterocycles. The largest absolute Gasteiger partial charge is 0.491 e. The van der Waals surface area contributed by atoms with Gasteiger partial charge in [-0.2, -0.15) is 0 Å². The summed E-state index contributed by atoms with van der Waals surface area (Å²) >= 11 is 5.23. The zero-order valence-corrected chi connectivity index (χ0v) is 15.2. The molecule has 0 radical (unpaired) electrons. The zero-order valence-electron chi connectivity index (χ0n) is 14.3. The first-order valence-electron chi connectivity index (χ1n) is 7.81. The van der Waals surface area contributed by atoms with E-state index in [9.17, 15) is 4.79 Å². The Morgan fingerprint density at radius 1 is 1.08 bits per heavy atom. The first-order valence-corrected chi connectivity index (χ1v) is 8.22. The lowest BCUT2D eigenvalue weighted by atomic mass is 10.1. The monoisotopic (exact) mass is 342 g/mol. The lowest BCUT2D eigenvalue weighted by Crippen LogP contribution is -2.34. The number of nitrogens with one attached hydrogen (secondary N) is 2. The van der Waals surface area contributed by atoms with Crippen LogP contribution in [-0.2, 0) is 0 Å². The van der Waals surface area contributed by atoms with Crippen LogP contribution in [0.5, 0.6) is 5.75 Å². The van der Waals surface area contributed by atoms with Gasteiger partial charge in [-0.3, -0.25) is 10.1 Å². The summed E-state index contributed by atoms with van der Waals surface area (Å²) in [7, 11) is 0. The van der Waals surface area contributed by atoms with E-state index in [-0.39, 0.29) is 17.1 Å². The standard InChI is InChI=1S/C19H22N2O2S/c1-12(2)23-16-9-7-15(8-10-16)18(22)21-19(24)20-17-11-13(3)5-6-14(17)4/h5-12H,1-4H3,(H2,20,21,22,24). The Hall–Kier alpha value is -2.40. The van der Waals surface area contributed by atoms with Gasteiger partial charge in [0.15, 0.2) is 5.11 Å². The van der Waals surface area contributed by atoms with Crippen molar-refractivity contribution in [2.24, 2.45) is 0 Å². The molecule has 0 saturated carbocycles. The Morgan fingerprint density at radius 3 is 2.38 bits per heavy atom. The third-order valence-corrected chi connectivity index (χ3v) is 3.56. The molecule has 24 heavy (non-hydrogen) atoms. The molecule has 126 valence electrons. The molecule has 0 atom stereocenters. The average molecular weight is 342 g/mol. The summed E-state index contributed by atoms with van der Waals surface area (Å²) in [5.74, 6) is 0.478. The van der Waals surface area contributed by atoms with E-state index in [0.29, 0.717) is 5.56 Å². The fourth-order valence-electron chi connectivity index (χ4n) is 2.16. The summed E-state index contributed by atoms with van der Waals surface area (Å²) in [5, 5.41) is 6.03. The molecule has 4 nitrogen and oxygen atoms in total. The molecule has 2 aromatic carbocycles. The highest BCUT2D eigenvalue weighted by molar-refractivity contribution is 7.80. The minimum absolute atomic E-state index is 0.0963. The summed E-state index contributed by atoms with van der Waals surface area (Å²) < 4.78 is 5.56. The Kier molecular flexibility index (Phi) is 5.93. The van der Waals surface area contributed by atoms with E-state index < -0.39 is 0 Å². The van der Waals surface area contributed by atoms with Gasteiger partial charge in [0.2, 0.25) is 0 Å². The molecule has 0 aromatic heterocycles. The molecule has 2 aromatic rings. The number of carbonyl (C=O) groups is 1. The third-order valence-electron chi connectivity index (χ3n) is 3.36. The van der Waals surface area contributed by atoms with E-state index in [0.717, 1.165) is 22.6 Å². The van der Waals surface area contributed by atoms with E-state index in [1.165, 1.54) is 0 Å². The maximum atomic E-state index is 12.3. The van der Waals surface area contributed by atoms with Gasteiger partial charge < -0.3 is 10.1 Å². The molecule has 2 rings (SSSR count). The van der Waals surface area contributed by atoms with E-state index in [1.807, 2.05) is 45.9 Å². The number of anilines is 1. The lowest BCUT2D eigenvalue weighted by Gasteiger charge is -2.13. The van der Waals surface area contributed by atoms with Crippen molar-refractivity contribution >= 4 is 28.9 Å². The van der Waals surface area contributed by atoms with Gasteiger partial charge >= 0.3 is 0 Å². The highest BCUT2D eigenvalue weighted by atomic mass is 32.1. The average Bonchev–Trinajstić information content (AvgIpc) is 2.51. The Balaban J connectivity index is 1.98. The predicted molar refractivity (Wildman–Crippen MR) is 102 cm³/mol. The summed E-state index contributed by atoms with van der Waals surface area (Å²) in [6.45, 7) is 7.91. The normalized spacial score (nSPS) is 10.4. The minimum atomic E-state index is -0.256. The predicted octanol–water partition coefficient (Wildman–Crippen LogP) is 4.22. The highest BCUT2D eigenvalue weighted by Gasteiger charge is 2.09. The second-order valence-electron chi connectivity index (χ2n) is 5.92. The van der Waals surface area contributed by atoms with Gasteiger partial charge in [-0.15, -0.1) is 0 Å². The van der Waals surface area contributed by atoms with Crippen molar-refractivity contribution in [1.29, 1.82) is 0 Å². The summed E-state index contributed by atoms with van der Waals surface area (Å²) in [6.07, 6.45) is 0.0963. The number of ether oxygens (including phenoxy) is 1. The molecule has 0 bridgehead atoms. The van der Waals surface area contributed by atoms with Crippen LogP contribution in [0.4, 0.5) is 5.69 Å². The van der Waals surface area contributed by atoms with E-state index in [4.69, 9.17) is 17.0 Å². The van der Waals surface area contributed by atoms with Crippen molar-refractivity contribution < 1.29 is 9.53 Å². The molecule has 0 spiro atoms. The second-order valence-corrected chi connectivity index (χ2v) is 6.33. The molecule has 0 aliphatic rings. The number of hydrogen-bond donors (Lipinski definition) is 2. The Morgan fingerprint density at radius 2 is 1.75 bits per heavy atom. The summed E-state index contributed by atoms with van der Waals surface area (Å²) in [4.78, 5) is 12.3. The van der Waals surface area contributed by atoms with Crippen LogP contribution >= 0.6 is 12.2 Å². The van der Waals surface area contributed by atoms with Crippen LogP contribution in [0.1, 0.15) is 35.3 Å². The van der Waals surface area contributed by atoms with Crippen LogP contribution in [0.25, 0.3) is 0 Å². The third kappa shape index (κ3) is 5.06. The molecule has 0 unspecified atom stereocenters. The van der Waals surface area contributed by atoms with E-state index in [2.05, 4.69) is 10.6 Å². The number of rotatable bonds is 4. The number of aryl methyl sites for hydroxylation is 2. The van der Waals surface area contributed by atoms with Crippen LogP contribution in [0.3, 0.4) is 0 Å². The van der Waals surface area contributed by atoms with Gasteiger partial charge in [0.05, 0.1) is 6.10 Å². The number of hydrogen-bond acceptors (Lipinski definition) is 3. The highest BCUT2D eigenvalue weighted by Crippen LogP contribution is 2.16. The van der Waals surface area contributed by atoms with Crippen LogP contribution in [-0.4, -0.2) is 17.1 Å². The van der Waals surface area contributed by atoms with Gasteiger partial charge in [-0.25, -0.2) is 0 Å². The lowest BCUT2D eigenvalue weighted by molar-refractivity contribution is 0.0977. The Bertz CT molecular complexity index is 740. The van der Waals surface area contributed by atoms with E-state index >= 15 is 0 Å². The topological polar surface area (TPSA) is 50.4 Å². The SMILES string of the molecule is Cc1ccc(C)c(NC(=S)NC(=O)c2ccc(OC(C)C)cc2)c1. The Labute approximate surface area is 148 Å². The maximum Gasteiger partial charge on any atom is 0.257 e.